The first-order valence-electron chi connectivity index (χ1n) is 11.1. The van der Waals surface area contributed by atoms with Crippen LogP contribution in [0.5, 0.6) is 5.75 Å². The van der Waals surface area contributed by atoms with Crippen molar-refractivity contribution < 1.29 is 5.11 Å². The van der Waals surface area contributed by atoms with Crippen molar-refractivity contribution in [3.63, 3.8) is 0 Å². The van der Waals surface area contributed by atoms with Crippen molar-refractivity contribution >= 4 is 11.0 Å². The van der Waals surface area contributed by atoms with Crippen molar-refractivity contribution in [2.45, 2.75) is 44.3 Å². The molecule has 1 aromatic heterocycles. The van der Waals surface area contributed by atoms with Gasteiger partial charge in [-0.1, -0.05) is 30.3 Å². The van der Waals surface area contributed by atoms with Crippen molar-refractivity contribution in [3.8, 4) is 5.75 Å². The van der Waals surface area contributed by atoms with Crippen LogP contribution < -0.4 is 5.69 Å². The number of fused-ring (bicyclic) bond motifs is 1. The summed E-state index contributed by atoms with van der Waals surface area (Å²) in [5, 5.41) is 10.0. The van der Waals surface area contributed by atoms with E-state index in [0.717, 1.165) is 62.2 Å². The molecule has 30 heavy (non-hydrogen) atoms. The van der Waals surface area contributed by atoms with Crippen LogP contribution in [0.4, 0.5) is 0 Å². The Morgan fingerprint density at radius 2 is 1.53 bits per heavy atom. The number of aromatic amines is 1. The number of rotatable bonds is 4. The third kappa shape index (κ3) is 3.77. The number of aromatic nitrogens is 2. The van der Waals surface area contributed by atoms with Crippen LogP contribution in [0.3, 0.4) is 0 Å². The molecule has 0 spiro atoms. The normalized spacial score (nSPS) is 20.1. The predicted octanol–water partition coefficient (Wildman–Crippen LogP) is 3.34. The molecule has 5 rings (SSSR count). The van der Waals surface area contributed by atoms with Crippen molar-refractivity contribution in [1.82, 2.24) is 19.4 Å². The Morgan fingerprint density at radius 1 is 0.867 bits per heavy atom. The zero-order valence-electron chi connectivity index (χ0n) is 17.3. The van der Waals surface area contributed by atoms with Crippen molar-refractivity contribution in [2.24, 2.45) is 0 Å². The molecule has 2 aliphatic rings. The Balaban J connectivity index is 1.16. The maximum absolute atomic E-state index is 12.5. The molecule has 2 aliphatic heterocycles. The van der Waals surface area contributed by atoms with E-state index in [0.29, 0.717) is 11.8 Å². The van der Waals surface area contributed by atoms with Crippen LogP contribution in [0.1, 0.15) is 37.3 Å². The molecule has 0 bridgehead atoms. The molecule has 2 aromatic carbocycles. The van der Waals surface area contributed by atoms with Crippen LogP contribution in [-0.4, -0.2) is 56.7 Å². The van der Waals surface area contributed by atoms with Crippen LogP contribution >= 0.6 is 0 Å². The van der Waals surface area contributed by atoms with Crippen LogP contribution in [-0.2, 0) is 6.54 Å². The summed E-state index contributed by atoms with van der Waals surface area (Å²) in [5.41, 5.74) is 2.99. The third-order valence-corrected chi connectivity index (χ3v) is 6.95. The number of phenolic OH excluding ortho intramolecular Hbond substituents is 1. The predicted molar refractivity (Wildman–Crippen MR) is 119 cm³/mol. The van der Waals surface area contributed by atoms with Crippen molar-refractivity contribution in [2.75, 3.05) is 26.2 Å². The van der Waals surface area contributed by atoms with Gasteiger partial charge in [-0.2, -0.15) is 0 Å². The fourth-order valence-corrected chi connectivity index (χ4v) is 5.27. The Labute approximate surface area is 176 Å². The quantitative estimate of drug-likeness (QED) is 0.698. The summed E-state index contributed by atoms with van der Waals surface area (Å²) in [5.74, 6) is 0.397. The van der Waals surface area contributed by atoms with Gasteiger partial charge in [-0.3, -0.25) is 9.47 Å². The smallest absolute Gasteiger partial charge is 0.326 e. The van der Waals surface area contributed by atoms with Gasteiger partial charge >= 0.3 is 5.69 Å². The number of imidazole rings is 1. The summed E-state index contributed by atoms with van der Waals surface area (Å²) in [6.07, 6.45) is 4.40. The molecule has 0 radical (unpaired) electrons. The van der Waals surface area contributed by atoms with Crippen LogP contribution in [0.15, 0.2) is 53.3 Å². The number of piperidine rings is 2. The maximum Gasteiger partial charge on any atom is 0.326 e. The molecule has 3 aromatic rings. The lowest BCUT2D eigenvalue weighted by Crippen LogP contribution is -2.48. The second kappa shape index (κ2) is 8.28. The number of aromatic hydroxyl groups is 1. The molecule has 6 nitrogen and oxygen atoms in total. The summed E-state index contributed by atoms with van der Waals surface area (Å²) in [6.45, 7) is 5.08. The second-order valence-corrected chi connectivity index (χ2v) is 8.72. The minimum absolute atomic E-state index is 0.0205. The van der Waals surface area contributed by atoms with Gasteiger partial charge in [0.15, 0.2) is 0 Å². The number of H-pyrrole nitrogens is 1. The molecule has 2 N–H and O–H groups in total. The van der Waals surface area contributed by atoms with Crippen molar-refractivity contribution in [3.05, 3.63) is 64.6 Å². The highest BCUT2D eigenvalue weighted by Gasteiger charge is 2.30. The Bertz CT molecular complexity index is 1060. The Morgan fingerprint density at radius 3 is 2.30 bits per heavy atom. The van der Waals surface area contributed by atoms with E-state index in [1.54, 1.807) is 6.07 Å². The van der Waals surface area contributed by atoms with E-state index >= 15 is 0 Å². The number of hydrogen-bond donors (Lipinski definition) is 2. The molecule has 0 amide bonds. The van der Waals surface area contributed by atoms with Crippen LogP contribution in [0, 0.1) is 0 Å². The summed E-state index contributed by atoms with van der Waals surface area (Å²) in [7, 11) is 0. The average Bonchev–Trinajstić information content (AvgIpc) is 3.12. The fraction of sp³-hybridized carbons (Fsp3) is 0.458. The van der Waals surface area contributed by atoms with Crippen LogP contribution in [0.2, 0.25) is 0 Å². The lowest BCUT2D eigenvalue weighted by atomic mass is 9.97. The first-order valence-corrected chi connectivity index (χ1v) is 11.1. The van der Waals surface area contributed by atoms with Gasteiger partial charge in [0, 0.05) is 37.3 Å². The lowest BCUT2D eigenvalue weighted by Gasteiger charge is -2.42. The number of phenols is 1. The summed E-state index contributed by atoms with van der Waals surface area (Å²) in [4.78, 5) is 20.6. The van der Waals surface area contributed by atoms with Gasteiger partial charge in [0.1, 0.15) is 5.75 Å². The topological polar surface area (TPSA) is 64.5 Å². The van der Waals surface area contributed by atoms with E-state index < -0.39 is 0 Å². The monoisotopic (exact) mass is 406 g/mol. The van der Waals surface area contributed by atoms with E-state index in [4.69, 9.17) is 0 Å². The molecular weight excluding hydrogens is 376 g/mol. The van der Waals surface area contributed by atoms with Gasteiger partial charge in [-0.05, 0) is 57.0 Å². The molecule has 0 unspecified atom stereocenters. The first-order chi connectivity index (χ1) is 14.7. The largest absolute Gasteiger partial charge is 0.508 e. The lowest BCUT2D eigenvalue weighted by molar-refractivity contribution is 0.0767. The Hall–Kier alpha value is -2.57. The third-order valence-electron chi connectivity index (χ3n) is 6.95. The second-order valence-electron chi connectivity index (χ2n) is 8.72. The van der Waals surface area contributed by atoms with Gasteiger partial charge in [-0.15, -0.1) is 0 Å². The molecule has 0 aliphatic carbocycles. The summed E-state index contributed by atoms with van der Waals surface area (Å²) < 4.78 is 1.97. The van der Waals surface area contributed by atoms with E-state index in [1.807, 2.05) is 47.0 Å². The summed E-state index contributed by atoms with van der Waals surface area (Å²) in [6, 6.07) is 16.6. The van der Waals surface area contributed by atoms with E-state index in [9.17, 15) is 9.90 Å². The minimum atomic E-state index is 0.0205. The number of nitrogens with one attached hydrogen (secondary N) is 1. The molecule has 2 saturated heterocycles. The standard InChI is InChI=1S/C24H30N4O2/c29-23-8-4-1-5-18(23)17-26-13-9-19(10-14-26)27-15-11-20(12-16-27)28-22-7-3-2-6-21(22)25-24(28)30/h1-8,19-20,29H,9-17H2,(H,25,30). The summed E-state index contributed by atoms with van der Waals surface area (Å²) >= 11 is 0. The Kier molecular flexibility index (Phi) is 5.35. The van der Waals surface area contributed by atoms with Gasteiger partial charge in [0.2, 0.25) is 0 Å². The van der Waals surface area contributed by atoms with Crippen LogP contribution in [0.25, 0.3) is 11.0 Å². The SMILES string of the molecule is O=c1[nH]c2ccccc2n1C1CCN(C2CCN(Cc3ccccc3O)CC2)CC1. The average molecular weight is 407 g/mol. The number of hydrogen-bond acceptors (Lipinski definition) is 4. The van der Waals surface area contributed by atoms with Crippen molar-refractivity contribution in [1.29, 1.82) is 0 Å². The molecular formula is C24H30N4O2. The highest BCUT2D eigenvalue weighted by Crippen LogP contribution is 2.29. The van der Waals surface area contributed by atoms with E-state index in [2.05, 4.69) is 14.8 Å². The first kappa shape index (κ1) is 19.4. The van der Waals surface area contributed by atoms with Gasteiger partial charge in [0.05, 0.1) is 11.0 Å². The van der Waals surface area contributed by atoms with Gasteiger partial charge < -0.3 is 15.0 Å². The minimum Gasteiger partial charge on any atom is -0.508 e. The molecule has 0 atom stereocenters. The zero-order valence-corrected chi connectivity index (χ0v) is 17.3. The fourth-order valence-electron chi connectivity index (χ4n) is 5.27. The number of benzene rings is 2. The molecule has 2 fully saturated rings. The number of nitrogens with zero attached hydrogens (tertiary/aromatic N) is 3. The highest BCUT2D eigenvalue weighted by molar-refractivity contribution is 5.75. The maximum atomic E-state index is 12.5. The zero-order chi connectivity index (χ0) is 20.5. The molecule has 0 saturated carbocycles. The molecule has 158 valence electrons. The van der Waals surface area contributed by atoms with E-state index in [1.165, 1.54) is 12.8 Å². The number of likely N-dealkylation sites (tertiary alicyclic amines) is 2. The van der Waals surface area contributed by atoms with Gasteiger partial charge in [-0.25, -0.2) is 4.79 Å². The van der Waals surface area contributed by atoms with E-state index in [-0.39, 0.29) is 11.7 Å². The number of para-hydroxylation sites is 3. The van der Waals surface area contributed by atoms with Gasteiger partial charge in [0.25, 0.3) is 0 Å². The highest BCUT2D eigenvalue weighted by atomic mass is 16.3. The molecule has 3 heterocycles. The molecule has 6 heteroatoms.